The highest BCUT2D eigenvalue weighted by atomic mass is 16.6. The Balaban J connectivity index is 0.804. The number of carboxylic acids is 1. The lowest BCUT2D eigenvalue weighted by Crippen LogP contribution is -2.39. The summed E-state index contributed by atoms with van der Waals surface area (Å²) in [6, 6.07) is 4.71. The van der Waals surface area contributed by atoms with Crippen molar-refractivity contribution in [2.24, 2.45) is 11.8 Å². The van der Waals surface area contributed by atoms with Crippen LogP contribution in [-0.2, 0) is 52.7 Å². The summed E-state index contributed by atoms with van der Waals surface area (Å²) in [5.74, 6) is -0.454. The van der Waals surface area contributed by atoms with E-state index >= 15 is 0 Å². The highest BCUT2D eigenvalue weighted by molar-refractivity contribution is 6.12. The van der Waals surface area contributed by atoms with Gasteiger partial charge in [-0.3, -0.25) is 24.4 Å². The van der Waals surface area contributed by atoms with Crippen LogP contribution in [0.25, 0.3) is 0 Å². The minimum absolute atomic E-state index is 0.0245. The monoisotopic (exact) mass is 837 g/mol. The number of hydrogen-bond donors (Lipinski definition) is 3. The fourth-order valence-corrected chi connectivity index (χ4v) is 7.04. The maximum Gasteiger partial charge on any atom is 0.335 e. The van der Waals surface area contributed by atoms with Crippen molar-refractivity contribution >= 4 is 23.7 Å². The fourth-order valence-electron chi connectivity index (χ4n) is 7.04. The number of amides is 3. The molecule has 1 aliphatic heterocycles. The van der Waals surface area contributed by atoms with Gasteiger partial charge in [-0.15, -0.1) is 5.10 Å². The molecule has 2 aromatic heterocycles. The number of aromatic amines is 1. The predicted octanol–water partition coefficient (Wildman–Crippen LogP) is 3.25. The maximum absolute atomic E-state index is 12.5. The van der Waals surface area contributed by atoms with E-state index in [1.807, 2.05) is 20.0 Å². The fraction of sp³-hybridized carbons (Fsp3) is 0.595. The first-order chi connectivity index (χ1) is 29.2. The van der Waals surface area contributed by atoms with Crippen LogP contribution in [-0.4, -0.2) is 138 Å². The summed E-state index contributed by atoms with van der Waals surface area (Å²) in [4.78, 5) is 49.1. The molecule has 3 aromatic rings. The highest BCUT2D eigenvalue weighted by Gasteiger charge is 2.31. The zero-order valence-corrected chi connectivity index (χ0v) is 34.7. The normalized spacial score (nSPS) is 16.5. The van der Waals surface area contributed by atoms with E-state index in [9.17, 15) is 24.3 Å². The van der Waals surface area contributed by atoms with Crippen molar-refractivity contribution in [2.45, 2.75) is 71.8 Å². The average Bonchev–Trinajstić information content (AvgIpc) is 3.93. The number of aromatic nitrogens is 5. The molecule has 0 bridgehead atoms. The molecular weight excluding hydrogens is 778 g/mol. The van der Waals surface area contributed by atoms with Gasteiger partial charge in [0.1, 0.15) is 11.5 Å². The molecule has 1 fully saturated rings. The number of imide groups is 1. The highest BCUT2D eigenvalue weighted by Crippen LogP contribution is 2.30. The van der Waals surface area contributed by atoms with Gasteiger partial charge in [0.25, 0.3) is 11.8 Å². The van der Waals surface area contributed by atoms with Crippen LogP contribution < -0.4 is 14.8 Å². The number of carbonyl (C=O) groups excluding carboxylic acids is 3. The van der Waals surface area contributed by atoms with Gasteiger partial charge in [-0.05, 0) is 88.8 Å². The minimum Gasteiger partial charge on any atom is -0.493 e. The van der Waals surface area contributed by atoms with Crippen LogP contribution in [0.1, 0.15) is 71.5 Å². The average molecular weight is 838 g/mol. The van der Waals surface area contributed by atoms with Crippen LogP contribution >= 0.6 is 0 Å². The van der Waals surface area contributed by atoms with E-state index in [2.05, 4.69) is 25.8 Å². The zero-order chi connectivity index (χ0) is 42.5. The van der Waals surface area contributed by atoms with E-state index < -0.39 is 5.97 Å². The maximum atomic E-state index is 12.5. The first-order valence-electron chi connectivity index (χ1n) is 20.8. The summed E-state index contributed by atoms with van der Waals surface area (Å²) in [5, 5.41) is 28.1. The van der Waals surface area contributed by atoms with Crippen molar-refractivity contribution in [3.8, 4) is 11.5 Å². The summed E-state index contributed by atoms with van der Waals surface area (Å²) in [7, 11) is 0. The van der Waals surface area contributed by atoms with E-state index in [1.54, 1.807) is 10.7 Å². The van der Waals surface area contributed by atoms with Crippen LogP contribution in [0.15, 0.2) is 36.5 Å². The second-order valence-corrected chi connectivity index (χ2v) is 14.9. The number of aromatic carboxylic acids is 1. The van der Waals surface area contributed by atoms with E-state index in [4.69, 9.17) is 28.4 Å². The van der Waals surface area contributed by atoms with Crippen LogP contribution in [0.4, 0.5) is 0 Å². The van der Waals surface area contributed by atoms with Gasteiger partial charge in [0.15, 0.2) is 0 Å². The summed E-state index contributed by atoms with van der Waals surface area (Å²) in [6.07, 6.45) is 10.5. The Morgan fingerprint density at radius 2 is 1.40 bits per heavy atom. The standard InChI is InChI=1S/C42H59N7O11/c1-30-38(31(2)45-44-30)6-4-16-60-37-26-34(42(53)54)25-36(27-37)59-15-3-5-35-29-48(47-46-35)14-18-56-20-22-58-24-23-57-21-19-55-17-13-43-41(52)33-9-7-32(8-10-33)28-49-39(50)11-12-40(49)51/h11-12,25-27,29,32-33H,3-10,13-24,28H2,1-2H3,(H,43,52)(H,44,45)(H,53,54). The largest absolute Gasteiger partial charge is 0.493 e. The quantitative estimate of drug-likeness (QED) is 0.0676. The number of nitrogens with zero attached hydrogens (tertiary/aromatic N) is 5. The molecule has 3 amide bonds. The topological polar surface area (TPSA) is 219 Å². The number of ether oxygens (including phenoxy) is 6. The molecule has 0 spiro atoms. The Kier molecular flexibility index (Phi) is 19.0. The van der Waals surface area contributed by atoms with Gasteiger partial charge < -0.3 is 38.8 Å². The lowest BCUT2D eigenvalue weighted by molar-refractivity contribution is -0.138. The molecular formula is C42H59N7O11. The molecule has 18 nitrogen and oxygen atoms in total. The summed E-state index contributed by atoms with van der Waals surface area (Å²) in [5.41, 5.74) is 4.12. The van der Waals surface area contributed by atoms with E-state index in [1.165, 1.54) is 34.7 Å². The number of benzene rings is 1. The second-order valence-electron chi connectivity index (χ2n) is 14.9. The predicted molar refractivity (Wildman–Crippen MR) is 217 cm³/mol. The Hall–Kier alpha value is -5.17. The van der Waals surface area contributed by atoms with Crippen molar-refractivity contribution in [3.63, 3.8) is 0 Å². The lowest BCUT2D eigenvalue weighted by Gasteiger charge is -2.30. The Morgan fingerprint density at radius 1 is 0.800 bits per heavy atom. The number of H-pyrrole nitrogens is 1. The van der Waals surface area contributed by atoms with Gasteiger partial charge in [-0.25, -0.2) is 9.48 Å². The minimum atomic E-state index is -1.05. The Morgan fingerprint density at radius 3 is 2.00 bits per heavy atom. The summed E-state index contributed by atoms with van der Waals surface area (Å²) >= 11 is 0. The van der Waals surface area contributed by atoms with Crippen molar-refractivity contribution in [1.29, 1.82) is 0 Å². The third-order valence-corrected chi connectivity index (χ3v) is 10.4. The molecule has 1 aromatic carbocycles. The molecule has 0 atom stereocenters. The second kappa shape index (κ2) is 24.8. The smallest absolute Gasteiger partial charge is 0.335 e. The zero-order valence-electron chi connectivity index (χ0n) is 34.7. The molecule has 1 aliphatic carbocycles. The molecule has 2 aliphatic rings. The van der Waals surface area contributed by atoms with Crippen LogP contribution in [0.3, 0.4) is 0 Å². The molecule has 328 valence electrons. The number of rotatable bonds is 29. The number of aryl methyl sites for hydroxylation is 3. The van der Waals surface area contributed by atoms with Crippen molar-refractivity contribution < 1.29 is 52.7 Å². The van der Waals surface area contributed by atoms with Gasteiger partial charge in [0.05, 0.1) is 89.6 Å². The van der Waals surface area contributed by atoms with Crippen LogP contribution in [0, 0.1) is 25.7 Å². The molecule has 0 saturated heterocycles. The SMILES string of the molecule is Cc1n[nH]c(C)c1CCCOc1cc(OCCCc2cn(CCOCCOCCOCCOCCNC(=O)C3CCC(CN4C(=O)C=CC4=O)CC3)nn2)cc(C(=O)O)c1. The summed E-state index contributed by atoms with van der Waals surface area (Å²) < 4.78 is 35.8. The van der Waals surface area contributed by atoms with Gasteiger partial charge in [0, 0.05) is 49.1 Å². The van der Waals surface area contributed by atoms with Crippen LogP contribution in [0.2, 0.25) is 0 Å². The van der Waals surface area contributed by atoms with Gasteiger partial charge in [-0.2, -0.15) is 5.10 Å². The summed E-state index contributed by atoms with van der Waals surface area (Å²) in [6.45, 7) is 9.62. The molecule has 0 unspecified atom stereocenters. The molecule has 3 N–H and O–H groups in total. The van der Waals surface area contributed by atoms with E-state index in [0.29, 0.717) is 110 Å². The number of nitrogens with one attached hydrogen (secondary N) is 2. The first-order valence-corrected chi connectivity index (χ1v) is 20.8. The molecule has 3 heterocycles. The molecule has 18 heteroatoms. The molecule has 5 rings (SSSR count). The van der Waals surface area contributed by atoms with E-state index in [0.717, 1.165) is 55.6 Å². The van der Waals surface area contributed by atoms with Crippen molar-refractivity contribution in [2.75, 3.05) is 79.2 Å². The van der Waals surface area contributed by atoms with Crippen molar-refractivity contribution in [3.05, 3.63) is 64.8 Å². The molecule has 1 saturated carbocycles. The van der Waals surface area contributed by atoms with Gasteiger partial charge >= 0.3 is 5.97 Å². The number of carbonyl (C=O) groups is 4. The Bertz CT molecular complexity index is 1820. The third-order valence-electron chi connectivity index (χ3n) is 10.4. The van der Waals surface area contributed by atoms with Crippen molar-refractivity contribution in [1.82, 2.24) is 35.4 Å². The first kappa shape index (κ1) is 45.9. The third kappa shape index (κ3) is 15.5. The lowest BCUT2D eigenvalue weighted by atomic mass is 9.81. The Labute approximate surface area is 350 Å². The van der Waals surface area contributed by atoms with E-state index in [-0.39, 0.29) is 35.1 Å². The number of carboxylic acid groups (broad SMARTS) is 1. The number of hydrogen-bond acceptors (Lipinski definition) is 13. The van der Waals surface area contributed by atoms with Crippen LogP contribution in [0.5, 0.6) is 11.5 Å². The van der Waals surface area contributed by atoms with Gasteiger partial charge in [-0.1, -0.05) is 5.21 Å². The van der Waals surface area contributed by atoms with Gasteiger partial charge in [0.2, 0.25) is 5.91 Å². The molecule has 0 radical (unpaired) electrons. The molecule has 60 heavy (non-hydrogen) atoms.